The molecule has 4 aromatic rings. The zero-order valence-electron chi connectivity index (χ0n) is 19.6. The zero-order chi connectivity index (χ0) is 23.7. The van der Waals surface area contributed by atoms with Crippen molar-refractivity contribution in [3.63, 3.8) is 0 Å². The van der Waals surface area contributed by atoms with Crippen molar-refractivity contribution in [3.05, 3.63) is 88.4 Å². The van der Waals surface area contributed by atoms with Crippen LogP contribution in [0.2, 0.25) is 0 Å². The Hall–Kier alpha value is -3.87. The Labute approximate surface area is 198 Å². The molecule has 2 aromatic carbocycles. The second-order valence-corrected chi connectivity index (χ2v) is 9.07. The predicted molar refractivity (Wildman–Crippen MR) is 132 cm³/mol. The summed E-state index contributed by atoms with van der Waals surface area (Å²) in [5, 5.41) is 8.58. The molecular formula is C27H29N5O2. The second kappa shape index (κ2) is 9.17. The summed E-state index contributed by atoms with van der Waals surface area (Å²) < 4.78 is 1.68. The van der Waals surface area contributed by atoms with Crippen molar-refractivity contribution < 1.29 is 9.59 Å². The molecule has 1 aliphatic rings. The van der Waals surface area contributed by atoms with Gasteiger partial charge in [-0.05, 0) is 49.9 Å². The molecule has 3 heterocycles. The maximum absolute atomic E-state index is 13.2. The lowest BCUT2D eigenvalue weighted by atomic mass is 10.1. The fourth-order valence-electron chi connectivity index (χ4n) is 4.51. The molecule has 0 aliphatic carbocycles. The van der Waals surface area contributed by atoms with Crippen molar-refractivity contribution in [2.24, 2.45) is 0 Å². The number of hydrogen-bond donors (Lipinski definition) is 2. The summed E-state index contributed by atoms with van der Waals surface area (Å²) in [5.74, 6) is -0.340. The minimum Gasteiger partial charge on any atom is -0.361 e. The van der Waals surface area contributed by atoms with Crippen molar-refractivity contribution >= 4 is 22.7 Å². The van der Waals surface area contributed by atoms with Gasteiger partial charge >= 0.3 is 0 Å². The smallest absolute Gasteiger partial charge is 0.272 e. The third kappa shape index (κ3) is 4.46. The number of carbonyl (C=O) groups excluding carboxylic acids is 2. The van der Waals surface area contributed by atoms with Crippen LogP contribution < -0.4 is 5.32 Å². The number of amides is 2. The van der Waals surface area contributed by atoms with E-state index in [1.807, 2.05) is 18.0 Å². The van der Waals surface area contributed by atoms with E-state index in [-0.39, 0.29) is 17.5 Å². The number of fused-ring (bicyclic) bond motifs is 2. The van der Waals surface area contributed by atoms with Crippen LogP contribution >= 0.6 is 0 Å². The molecule has 5 rings (SSSR count). The van der Waals surface area contributed by atoms with Crippen LogP contribution in [0.4, 0.5) is 0 Å². The van der Waals surface area contributed by atoms with E-state index in [9.17, 15) is 9.59 Å². The van der Waals surface area contributed by atoms with Crippen molar-refractivity contribution in [3.8, 4) is 0 Å². The predicted octanol–water partition coefficient (Wildman–Crippen LogP) is 4.00. The lowest BCUT2D eigenvalue weighted by Crippen LogP contribution is -2.30. The SMILES string of the molecule is Cc1ccc(CN2CCCn3nc(C(=O)NCCc4c[nH]c5ccc(C)cc45)cc3C2=O)cc1. The first kappa shape index (κ1) is 21.9. The Morgan fingerprint density at radius 2 is 1.85 bits per heavy atom. The summed E-state index contributed by atoms with van der Waals surface area (Å²) >= 11 is 0. The van der Waals surface area contributed by atoms with Gasteiger partial charge in [-0.2, -0.15) is 5.10 Å². The Kier molecular flexibility index (Phi) is 5.92. The van der Waals surface area contributed by atoms with Gasteiger partial charge in [-0.25, -0.2) is 0 Å². The molecule has 0 saturated carbocycles. The Balaban J connectivity index is 1.24. The average molecular weight is 456 g/mol. The first-order chi connectivity index (χ1) is 16.5. The minimum absolute atomic E-state index is 0.0845. The molecule has 0 unspecified atom stereocenters. The largest absolute Gasteiger partial charge is 0.361 e. The molecule has 1 aliphatic heterocycles. The summed E-state index contributed by atoms with van der Waals surface area (Å²) in [6.45, 7) is 6.46. The maximum Gasteiger partial charge on any atom is 0.272 e. The van der Waals surface area contributed by atoms with Gasteiger partial charge in [0, 0.05) is 49.3 Å². The molecule has 174 valence electrons. The highest BCUT2D eigenvalue weighted by Gasteiger charge is 2.26. The number of hydrogen-bond acceptors (Lipinski definition) is 3. The average Bonchev–Trinajstić information content (AvgIpc) is 3.40. The van der Waals surface area contributed by atoms with Crippen LogP contribution in [-0.4, -0.2) is 44.6 Å². The number of aromatic nitrogens is 3. The molecule has 0 saturated heterocycles. The number of aryl methyl sites for hydroxylation is 3. The normalized spacial score (nSPS) is 13.7. The molecule has 0 bridgehead atoms. The lowest BCUT2D eigenvalue weighted by molar-refractivity contribution is 0.0745. The quantitative estimate of drug-likeness (QED) is 0.461. The monoisotopic (exact) mass is 455 g/mol. The summed E-state index contributed by atoms with van der Waals surface area (Å²) in [6, 6.07) is 16.2. The molecule has 2 N–H and O–H groups in total. The van der Waals surface area contributed by atoms with Crippen LogP contribution in [-0.2, 0) is 19.5 Å². The Bertz CT molecular complexity index is 1350. The first-order valence-electron chi connectivity index (χ1n) is 11.8. The van der Waals surface area contributed by atoms with Crippen LogP contribution in [0.25, 0.3) is 10.9 Å². The molecule has 7 heteroatoms. The first-order valence-corrected chi connectivity index (χ1v) is 11.8. The molecule has 34 heavy (non-hydrogen) atoms. The highest BCUT2D eigenvalue weighted by molar-refractivity contribution is 5.98. The van der Waals surface area contributed by atoms with Gasteiger partial charge in [-0.15, -0.1) is 0 Å². The second-order valence-electron chi connectivity index (χ2n) is 9.07. The van der Waals surface area contributed by atoms with E-state index in [2.05, 4.69) is 64.8 Å². The van der Waals surface area contributed by atoms with Gasteiger partial charge in [-0.1, -0.05) is 41.5 Å². The molecule has 0 atom stereocenters. The van der Waals surface area contributed by atoms with Crippen LogP contribution in [0, 0.1) is 13.8 Å². The Morgan fingerprint density at radius 3 is 2.68 bits per heavy atom. The molecule has 0 fully saturated rings. The highest BCUT2D eigenvalue weighted by Crippen LogP contribution is 2.20. The number of aromatic amines is 1. The summed E-state index contributed by atoms with van der Waals surface area (Å²) in [4.78, 5) is 31.1. The van der Waals surface area contributed by atoms with Crippen LogP contribution in [0.3, 0.4) is 0 Å². The van der Waals surface area contributed by atoms with Gasteiger partial charge in [0.25, 0.3) is 11.8 Å². The van der Waals surface area contributed by atoms with Gasteiger partial charge < -0.3 is 15.2 Å². The lowest BCUT2D eigenvalue weighted by Gasteiger charge is -2.20. The molecule has 2 aromatic heterocycles. The molecule has 0 spiro atoms. The highest BCUT2D eigenvalue weighted by atomic mass is 16.2. The number of H-pyrrole nitrogens is 1. The number of nitrogens with one attached hydrogen (secondary N) is 2. The third-order valence-electron chi connectivity index (χ3n) is 6.41. The van der Waals surface area contributed by atoms with Gasteiger partial charge in [0.05, 0.1) is 0 Å². The zero-order valence-corrected chi connectivity index (χ0v) is 19.6. The fourth-order valence-corrected chi connectivity index (χ4v) is 4.51. The summed E-state index contributed by atoms with van der Waals surface area (Å²) in [5.41, 5.74) is 6.52. The molecular weight excluding hydrogens is 426 g/mol. The van der Waals surface area contributed by atoms with E-state index in [1.165, 1.54) is 22.1 Å². The van der Waals surface area contributed by atoms with Crippen LogP contribution in [0.15, 0.2) is 54.7 Å². The van der Waals surface area contributed by atoms with E-state index in [0.29, 0.717) is 38.3 Å². The standard InChI is InChI=1S/C27H29N5O2/c1-18-4-7-20(8-5-18)17-31-12-3-13-32-25(27(31)34)15-24(30-32)26(33)28-11-10-21-16-29-23-9-6-19(2)14-22(21)23/h4-9,14-16,29H,3,10-13,17H2,1-2H3,(H,28,33). The van der Waals surface area contributed by atoms with Gasteiger partial charge in [-0.3, -0.25) is 14.3 Å². The van der Waals surface area contributed by atoms with Crippen molar-refractivity contribution in [1.82, 2.24) is 25.0 Å². The number of carbonyl (C=O) groups is 2. The van der Waals surface area contributed by atoms with Gasteiger partial charge in [0.2, 0.25) is 0 Å². The van der Waals surface area contributed by atoms with Crippen molar-refractivity contribution in [2.45, 2.75) is 39.8 Å². The van der Waals surface area contributed by atoms with E-state index in [1.54, 1.807) is 10.7 Å². The molecule has 0 radical (unpaired) electrons. The summed E-state index contributed by atoms with van der Waals surface area (Å²) in [6.07, 6.45) is 3.51. The van der Waals surface area contributed by atoms with Crippen LogP contribution in [0.1, 0.15) is 49.7 Å². The Morgan fingerprint density at radius 1 is 1.06 bits per heavy atom. The summed E-state index contributed by atoms with van der Waals surface area (Å²) in [7, 11) is 0. The van der Waals surface area contributed by atoms with Gasteiger partial charge in [0.1, 0.15) is 5.69 Å². The van der Waals surface area contributed by atoms with E-state index >= 15 is 0 Å². The number of nitrogens with zero attached hydrogens (tertiary/aromatic N) is 3. The van der Waals surface area contributed by atoms with E-state index < -0.39 is 0 Å². The minimum atomic E-state index is -0.255. The van der Waals surface area contributed by atoms with Crippen molar-refractivity contribution in [2.75, 3.05) is 13.1 Å². The number of benzene rings is 2. The van der Waals surface area contributed by atoms with Gasteiger partial charge in [0.15, 0.2) is 5.69 Å². The van der Waals surface area contributed by atoms with Crippen molar-refractivity contribution in [1.29, 1.82) is 0 Å². The third-order valence-corrected chi connectivity index (χ3v) is 6.41. The van der Waals surface area contributed by atoms with E-state index in [4.69, 9.17) is 0 Å². The molecule has 7 nitrogen and oxygen atoms in total. The number of rotatable bonds is 6. The fraction of sp³-hybridized carbons (Fsp3) is 0.296. The van der Waals surface area contributed by atoms with E-state index in [0.717, 1.165) is 17.5 Å². The maximum atomic E-state index is 13.2. The topological polar surface area (TPSA) is 83.0 Å². The molecule has 2 amide bonds. The van der Waals surface area contributed by atoms with Crippen LogP contribution in [0.5, 0.6) is 0 Å².